The molecule has 0 aliphatic heterocycles. The van der Waals surface area contributed by atoms with Gasteiger partial charge < -0.3 is 15.3 Å². The summed E-state index contributed by atoms with van der Waals surface area (Å²) in [6.45, 7) is 11.3. The molecule has 178 valence electrons. The van der Waals surface area contributed by atoms with Gasteiger partial charge in [-0.1, -0.05) is 53.9 Å². The molecule has 8 atom stereocenters. The normalized spacial score (nSPS) is 41.9. The predicted molar refractivity (Wildman–Crippen MR) is 124 cm³/mol. The Morgan fingerprint density at radius 1 is 1.10 bits per heavy atom. The molecule has 2 saturated carbocycles. The number of Topliss-reactive ketones (excluding diaryl/α,β-unsaturated/α-hetero) is 1. The molecule has 3 unspecified atom stereocenters. The van der Waals surface area contributed by atoms with Crippen LogP contribution in [-0.2, 0) is 4.79 Å². The number of rotatable bonds is 8. The first kappa shape index (κ1) is 24.9. The fourth-order valence-corrected chi connectivity index (χ4v) is 7.46. The molecular formula is C27H46O4. The van der Waals surface area contributed by atoms with Gasteiger partial charge in [0.2, 0.25) is 0 Å². The molecule has 0 aromatic rings. The van der Waals surface area contributed by atoms with Gasteiger partial charge >= 0.3 is 0 Å². The van der Waals surface area contributed by atoms with Gasteiger partial charge in [0.1, 0.15) is 0 Å². The minimum atomic E-state index is -0.673. The van der Waals surface area contributed by atoms with E-state index in [-0.39, 0.29) is 29.6 Å². The Morgan fingerprint density at radius 2 is 1.81 bits per heavy atom. The Morgan fingerprint density at radius 3 is 2.45 bits per heavy atom. The summed E-state index contributed by atoms with van der Waals surface area (Å²) in [5.41, 5.74) is 0.115. The third-order valence-electron chi connectivity index (χ3n) is 9.45. The van der Waals surface area contributed by atoms with E-state index >= 15 is 0 Å². The lowest BCUT2D eigenvalue weighted by Crippen LogP contribution is -2.52. The van der Waals surface area contributed by atoms with Crippen molar-refractivity contribution in [1.29, 1.82) is 0 Å². The first-order valence-electron chi connectivity index (χ1n) is 12.8. The van der Waals surface area contributed by atoms with Gasteiger partial charge in [-0.25, -0.2) is 0 Å². The van der Waals surface area contributed by atoms with Crippen LogP contribution < -0.4 is 0 Å². The topological polar surface area (TPSA) is 77.8 Å². The van der Waals surface area contributed by atoms with E-state index in [4.69, 9.17) is 0 Å². The second-order valence-corrected chi connectivity index (χ2v) is 11.9. The molecule has 31 heavy (non-hydrogen) atoms. The van der Waals surface area contributed by atoms with Gasteiger partial charge in [0, 0.05) is 17.9 Å². The van der Waals surface area contributed by atoms with E-state index in [0.29, 0.717) is 37.5 Å². The van der Waals surface area contributed by atoms with Crippen LogP contribution in [0.3, 0.4) is 0 Å². The van der Waals surface area contributed by atoms with Gasteiger partial charge in [-0.3, -0.25) is 4.79 Å². The Labute approximate surface area is 189 Å². The molecule has 0 aromatic heterocycles. The molecule has 4 heteroatoms. The van der Waals surface area contributed by atoms with E-state index in [0.717, 1.165) is 24.3 Å². The molecular weight excluding hydrogens is 388 g/mol. The predicted octanol–water partition coefficient (Wildman–Crippen LogP) is 4.90. The average molecular weight is 435 g/mol. The van der Waals surface area contributed by atoms with Crippen molar-refractivity contribution in [3.63, 3.8) is 0 Å². The minimum absolute atomic E-state index is 0.101. The highest BCUT2D eigenvalue weighted by atomic mass is 16.3. The number of fused-ring (bicyclic) bond motifs is 1. The zero-order chi connectivity index (χ0) is 23.0. The van der Waals surface area contributed by atoms with Gasteiger partial charge in [-0.15, -0.1) is 0 Å². The van der Waals surface area contributed by atoms with Crippen molar-refractivity contribution >= 4 is 5.78 Å². The lowest BCUT2D eigenvalue weighted by molar-refractivity contribution is -0.138. The highest BCUT2D eigenvalue weighted by Crippen LogP contribution is 2.59. The number of hydrogen-bond acceptors (Lipinski definition) is 4. The number of carbonyl (C=O) groups excluding carboxylic acids is 1. The van der Waals surface area contributed by atoms with E-state index in [1.165, 1.54) is 19.3 Å². The van der Waals surface area contributed by atoms with Crippen molar-refractivity contribution < 1.29 is 20.1 Å². The van der Waals surface area contributed by atoms with Crippen LogP contribution in [0, 0.1) is 40.4 Å². The van der Waals surface area contributed by atoms with E-state index < -0.39 is 17.6 Å². The maximum Gasteiger partial charge on any atom is 0.165 e. The molecule has 0 saturated heterocycles. The maximum absolute atomic E-state index is 13.8. The molecule has 0 spiro atoms. The van der Waals surface area contributed by atoms with Crippen molar-refractivity contribution in [2.24, 2.45) is 40.4 Å². The number of allylic oxidation sites excluding steroid dienone is 1. The molecule has 3 aliphatic rings. The molecule has 0 aromatic carbocycles. The third-order valence-corrected chi connectivity index (χ3v) is 9.45. The zero-order valence-corrected chi connectivity index (χ0v) is 20.4. The second-order valence-electron chi connectivity index (χ2n) is 11.9. The van der Waals surface area contributed by atoms with Crippen molar-refractivity contribution in [2.45, 2.75) is 105 Å². The SMILES string of the molecule is CC(C)CCCC(C)[C@H]1CCC(C2=C[C@@H](O)C3C[C@@H](O)CC[C@]3(C)C2=O)[C@]1(C)CCO. The summed E-state index contributed by atoms with van der Waals surface area (Å²) >= 11 is 0. The van der Waals surface area contributed by atoms with Crippen LogP contribution in [0.5, 0.6) is 0 Å². The van der Waals surface area contributed by atoms with Crippen LogP contribution in [0.2, 0.25) is 0 Å². The zero-order valence-electron chi connectivity index (χ0n) is 20.4. The molecule has 0 radical (unpaired) electrons. The van der Waals surface area contributed by atoms with Crippen LogP contribution in [0.1, 0.15) is 92.4 Å². The fourth-order valence-electron chi connectivity index (χ4n) is 7.46. The summed E-state index contributed by atoms with van der Waals surface area (Å²) in [6, 6.07) is 0. The monoisotopic (exact) mass is 434 g/mol. The van der Waals surface area contributed by atoms with Crippen molar-refractivity contribution in [3.05, 3.63) is 11.6 Å². The molecule has 2 fully saturated rings. The summed E-state index contributed by atoms with van der Waals surface area (Å²) < 4.78 is 0. The molecule has 0 amide bonds. The number of ketones is 1. The van der Waals surface area contributed by atoms with Crippen LogP contribution in [0.15, 0.2) is 11.6 Å². The number of aliphatic hydroxyl groups excluding tert-OH is 3. The number of carbonyl (C=O) groups is 1. The summed E-state index contributed by atoms with van der Waals surface area (Å²) in [6.07, 6.45) is 8.95. The largest absolute Gasteiger partial charge is 0.396 e. The number of aliphatic hydroxyl groups is 3. The molecule has 3 rings (SSSR count). The van der Waals surface area contributed by atoms with Crippen LogP contribution in [-0.4, -0.2) is 39.9 Å². The van der Waals surface area contributed by atoms with Crippen LogP contribution in [0.25, 0.3) is 0 Å². The first-order chi connectivity index (χ1) is 14.5. The van der Waals surface area contributed by atoms with Gasteiger partial charge in [-0.2, -0.15) is 0 Å². The quantitative estimate of drug-likeness (QED) is 0.508. The highest BCUT2D eigenvalue weighted by Gasteiger charge is 2.56. The summed E-state index contributed by atoms with van der Waals surface area (Å²) in [7, 11) is 0. The van der Waals surface area contributed by atoms with Gasteiger partial charge in [0.15, 0.2) is 5.78 Å². The first-order valence-corrected chi connectivity index (χ1v) is 12.8. The molecule has 4 nitrogen and oxygen atoms in total. The highest BCUT2D eigenvalue weighted by molar-refractivity contribution is 6.01. The fraction of sp³-hybridized carbons (Fsp3) is 0.889. The Bertz CT molecular complexity index is 670. The smallest absolute Gasteiger partial charge is 0.165 e. The van der Waals surface area contributed by atoms with E-state index in [2.05, 4.69) is 27.7 Å². The van der Waals surface area contributed by atoms with E-state index in [9.17, 15) is 20.1 Å². The Hall–Kier alpha value is -0.710. The van der Waals surface area contributed by atoms with E-state index in [1.54, 1.807) is 0 Å². The molecule has 3 N–H and O–H groups in total. The van der Waals surface area contributed by atoms with Crippen LogP contribution in [0.4, 0.5) is 0 Å². The van der Waals surface area contributed by atoms with Crippen molar-refractivity contribution in [2.75, 3.05) is 6.61 Å². The van der Waals surface area contributed by atoms with Crippen LogP contribution >= 0.6 is 0 Å². The summed E-state index contributed by atoms with van der Waals surface area (Å²) in [5, 5.41) is 31.1. The second kappa shape index (κ2) is 9.65. The number of hydrogen-bond donors (Lipinski definition) is 3. The molecule has 0 heterocycles. The third kappa shape index (κ3) is 4.68. The van der Waals surface area contributed by atoms with Gasteiger partial charge in [0.05, 0.1) is 12.2 Å². The van der Waals surface area contributed by atoms with Crippen molar-refractivity contribution in [3.8, 4) is 0 Å². The van der Waals surface area contributed by atoms with Gasteiger partial charge in [-0.05, 0) is 79.3 Å². The van der Waals surface area contributed by atoms with Crippen molar-refractivity contribution in [1.82, 2.24) is 0 Å². The average Bonchev–Trinajstić information content (AvgIpc) is 3.03. The Kier molecular flexibility index (Phi) is 7.76. The summed E-state index contributed by atoms with van der Waals surface area (Å²) in [5.74, 6) is 1.88. The lowest BCUT2D eigenvalue weighted by Gasteiger charge is -2.49. The molecule has 3 aliphatic carbocycles. The van der Waals surface area contributed by atoms with Gasteiger partial charge in [0.25, 0.3) is 0 Å². The maximum atomic E-state index is 13.8. The molecule has 0 bridgehead atoms. The lowest BCUT2D eigenvalue weighted by atomic mass is 9.55. The minimum Gasteiger partial charge on any atom is -0.396 e. The standard InChI is InChI=1S/C27H46O4/c1-17(2)7-6-8-18(3)21-9-10-22(26(21,4)13-14-28)20-16-24(30)23-15-19(29)11-12-27(23,5)25(20)31/h16-19,21-24,28-30H,6-15H2,1-5H3/t18?,19-,21+,22?,23?,24+,26+,27-/m0/s1. The summed E-state index contributed by atoms with van der Waals surface area (Å²) in [4.78, 5) is 13.8. The Balaban J connectivity index is 1.85. The van der Waals surface area contributed by atoms with E-state index in [1.807, 2.05) is 13.0 Å².